The summed E-state index contributed by atoms with van der Waals surface area (Å²) in [6.07, 6.45) is -0.0604. The summed E-state index contributed by atoms with van der Waals surface area (Å²) in [5, 5.41) is 2.59. The lowest BCUT2D eigenvalue weighted by molar-refractivity contribution is 0.0671. The van der Waals surface area contributed by atoms with Crippen molar-refractivity contribution in [3.63, 3.8) is 0 Å². The summed E-state index contributed by atoms with van der Waals surface area (Å²) < 4.78 is 19.7. The highest BCUT2D eigenvalue weighted by atomic mass is 19.1. The minimum Gasteiger partial charge on any atom is -0.491 e. The number of ether oxygens (including phenoxy) is 1. The van der Waals surface area contributed by atoms with Crippen molar-refractivity contribution in [1.29, 1.82) is 0 Å². The topological polar surface area (TPSA) is 61.9 Å². The van der Waals surface area contributed by atoms with E-state index in [1.807, 2.05) is 32.0 Å². The summed E-state index contributed by atoms with van der Waals surface area (Å²) in [6.45, 7) is 5.36. The first-order valence-corrected chi connectivity index (χ1v) is 9.30. The summed E-state index contributed by atoms with van der Waals surface area (Å²) in [4.78, 5) is 28.2. The highest BCUT2D eigenvalue weighted by Gasteiger charge is 2.25. The number of anilines is 1. The van der Waals surface area contributed by atoms with Gasteiger partial charge in [0, 0.05) is 37.8 Å². The maximum absolute atomic E-state index is 14.2. The smallest absolute Gasteiger partial charge is 0.322 e. The summed E-state index contributed by atoms with van der Waals surface area (Å²) in [7, 11) is 0. The van der Waals surface area contributed by atoms with Gasteiger partial charge in [0.1, 0.15) is 11.6 Å². The lowest BCUT2D eigenvalue weighted by Crippen LogP contribution is -2.51. The molecule has 0 radical (unpaired) electrons. The number of carbonyl (C=O) groups excluding carboxylic acids is 2. The number of benzene rings is 2. The molecule has 6 nitrogen and oxygen atoms in total. The quantitative estimate of drug-likeness (QED) is 0.875. The van der Waals surface area contributed by atoms with E-state index in [1.165, 1.54) is 12.1 Å². The molecule has 0 spiro atoms. The predicted octanol–water partition coefficient (Wildman–Crippen LogP) is 3.60. The van der Waals surface area contributed by atoms with Gasteiger partial charge in [0.25, 0.3) is 5.91 Å². The van der Waals surface area contributed by atoms with Crippen LogP contribution in [0.5, 0.6) is 5.75 Å². The van der Waals surface area contributed by atoms with Crippen molar-refractivity contribution in [3.05, 3.63) is 59.9 Å². The molecular formula is C21H24FN3O3. The van der Waals surface area contributed by atoms with Crippen molar-refractivity contribution < 1.29 is 18.7 Å². The number of amides is 3. The third kappa shape index (κ3) is 4.79. The minimum absolute atomic E-state index is 0.0487. The Morgan fingerprint density at radius 1 is 1.00 bits per heavy atom. The number of piperazine rings is 1. The summed E-state index contributed by atoms with van der Waals surface area (Å²) in [6, 6.07) is 13.0. The average Bonchev–Trinajstić information content (AvgIpc) is 2.70. The van der Waals surface area contributed by atoms with Crippen molar-refractivity contribution in [3.8, 4) is 5.75 Å². The van der Waals surface area contributed by atoms with E-state index in [-0.39, 0.29) is 23.7 Å². The van der Waals surface area contributed by atoms with Gasteiger partial charge in [-0.1, -0.05) is 18.2 Å². The molecule has 0 bridgehead atoms. The first-order chi connectivity index (χ1) is 13.4. The van der Waals surface area contributed by atoms with E-state index >= 15 is 0 Å². The van der Waals surface area contributed by atoms with Crippen molar-refractivity contribution in [2.45, 2.75) is 20.0 Å². The molecule has 0 atom stereocenters. The largest absolute Gasteiger partial charge is 0.491 e. The molecule has 3 amide bonds. The van der Waals surface area contributed by atoms with Gasteiger partial charge < -0.3 is 19.9 Å². The van der Waals surface area contributed by atoms with E-state index in [2.05, 4.69) is 5.32 Å². The molecule has 0 saturated carbocycles. The van der Waals surface area contributed by atoms with Gasteiger partial charge in [0.15, 0.2) is 0 Å². The molecule has 148 valence electrons. The fourth-order valence-corrected chi connectivity index (χ4v) is 3.01. The number of carbonyl (C=O) groups is 2. The van der Waals surface area contributed by atoms with Gasteiger partial charge in [0.05, 0.1) is 11.8 Å². The van der Waals surface area contributed by atoms with Gasteiger partial charge in [-0.25, -0.2) is 9.18 Å². The molecule has 2 aromatic carbocycles. The second-order valence-electron chi connectivity index (χ2n) is 6.88. The van der Waals surface area contributed by atoms with Crippen LogP contribution in [-0.4, -0.2) is 54.0 Å². The average molecular weight is 385 g/mol. The van der Waals surface area contributed by atoms with Crippen LogP contribution in [-0.2, 0) is 0 Å². The molecule has 1 heterocycles. The fourth-order valence-electron chi connectivity index (χ4n) is 3.01. The number of nitrogens with zero attached hydrogens (tertiary/aromatic N) is 2. The second-order valence-corrected chi connectivity index (χ2v) is 6.88. The van der Waals surface area contributed by atoms with Crippen molar-refractivity contribution >= 4 is 17.6 Å². The van der Waals surface area contributed by atoms with Gasteiger partial charge in [-0.2, -0.15) is 0 Å². The van der Waals surface area contributed by atoms with Crippen LogP contribution >= 0.6 is 0 Å². The first-order valence-electron chi connectivity index (χ1n) is 9.30. The van der Waals surface area contributed by atoms with Crippen LogP contribution in [0.2, 0.25) is 0 Å². The number of rotatable bonds is 4. The summed E-state index contributed by atoms with van der Waals surface area (Å²) >= 11 is 0. The molecule has 7 heteroatoms. The van der Waals surface area contributed by atoms with Crippen LogP contribution in [0.1, 0.15) is 24.2 Å². The zero-order chi connectivity index (χ0) is 20.1. The van der Waals surface area contributed by atoms with E-state index in [1.54, 1.807) is 28.0 Å². The normalized spacial score (nSPS) is 14.1. The fraction of sp³-hybridized carbons (Fsp3) is 0.333. The molecule has 3 rings (SSSR count). The highest BCUT2D eigenvalue weighted by Crippen LogP contribution is 2.22. The highest BCUT2D eigenvalue weighted by molar-refractivity contribution is 5.94. The van der Waals surface area contributed by atoms with E-state index < -0.39 is 5.82 Å². The van der Waals surface area contributed by atoms with Gasteiger partial charge >= 0.3 is 6.03 Å². The minimum atomic E-state index is -0.551. The molecule has 2 aromatic rings. The Labute approximate surface area is 163 Å². The van der Waals surface area contributed by atoms with Crippen molar-refractivity contribution in [2.24, 2.45) is 0 Å². The van der Waals surface area contributed by atoms with Crippen LogP contribution < -0.4 is 10.1 Å². The van der Waals surface area contributed by atoms with E-state index in [9.17, 15) is 14.0 Å². The van der Waals surface area contributed by atoms with Gasteiger partial charge in [0.2, 0.25) is 0 Å². The molecule has 1 aliphatic rings. The van der Waals surface area contributed by atoms with Crippen LogP contribution in [0.4, 0.5) is 14.9 Å². The van der Waals surface area contributed by atoms with Gasteiger partial charge in [-0.3, -0.25) is 4.79 Å². The third-order valence-electron chi connectivity index (χ3n) is 4.43. The molecule has 0 aromatic heterocycles. The van der Waals surface area contributed by atoms with Crippen LogP contribution in [0, 0.1) is 5.82 Å². The summed E-state index contributed by atoms with van der Waals surface area (Å²) in [5.41, 5.74) is 0.732. The Balaban J connectivity index is 1.55. The molecule has 0 unspecified atom stereocenters. The summed E-state index contributed by atoms with van der Waals surface area (Å²) in [5.74, 6) is -0.185. The lowest BCUT2D eigenvalue weighted by atomic mass is 10.2. The Kier molecular flexibility index (Phi) is 6.13. The SMILES string of the molecule is CC(C)Oc1ccc(NC(=O)N2CCN(C(=O)c3ccccc3)CC2)c(F)c1. The van der Waals surface area contributed by atoms with E-state index in [4.69, 9.17) is 4.74 Å². The maximum Gasteiger partial charge on any atom is 0.322 e. The zero-order valence-electron chi connectivity index (χ0n) is 16.0. The Morgan fingerprint density at radius 2 is 1.64 bits per heavy atom. The monoisotopic (exact) mass is 385 g/mol. The molecule has 1 aliphatic heterocycles. The Morgan fingerprint density at radius 3 is 2.25 bits per heavy atom. The molecule has 28 heavy (non-hydrogen) atoms. The third-order valence-corrected chi connectivity index (χ3v) is 4.43. The van der Waals surface area contributed by atoms with Crippen molar-refractivity contribution in [1.82, 2.24) is 9.80 Å². The lowest BCUT2D eigenvalue weighted by Gasteiger charge is -2.34. The maximum atomic E-state index is 14.2. The number of hydrogen-bond donors (Lipinski definition) is 1. The molecule has 1 saturated heterocycles. The molecular weight excluding hydrogens is 361 g/mol. The Bertz CT molecular complexity index is 834. The van der Waals surface area contributed by atoms with Crippen LogP contribution in [0.15, 0.2) is 48.5 Å². The molecule has 1 fully saturated rings. The Hall–Kier alpha value is -3.09. The van der Waals surface area contributed by atoms with Gasteiger partial charge in [-0.15, -0.1) is 0 Å². The number of halogens is 1. The van der Waals surface area contributed by atoms with Crippen LogP contribution in [0.3, 0.4) is 0 Å². The van der Waals surface area contributed by atoms with Crippen molar-refractivity contribution in [2.75, 3.05) is 31.5 Å². The van der Waals surface area contributed by atoms with Crippen LogP contribution in [0.25, 0.3) is 0 Å². The second kappa shape index (κ2) is 8.73. The first kappa shape index (κ1) is 19.7. The molecule has 1 N–H and O–H groups in total. The standard InChI is InChI=1S/C21H24FN3O3/c1-15(2)28-17-8-9-19(18(22)14-17)23-21(27)25-12-10-24(11-13-25)20(26)16-6-4-3-5-7-16/h3-9,14-15H,10-13H2,1-2H3,(H,23,27). The van der Waals surface area contributed by atoms with E-state index in [0.717, 1.165) is 0 Å². The molecule has 0 aliphatic carbocycles. The predicted molar refractivity (Wildman–Crippen MR) is 105 cm³/mol. The number of urea groups is 1. The zero-order valence-corrected chi connectivity index (χ0v) is 16.0. The number of hydrogen-bond acceptors (Lipinski definition) is 3. The van der Waals surface area contributed by atoms with E-state index in [0.29, 0.717) is 37.5 Å². The van der Waals surface area contributed by atoms with Gasteiger partial charge in [-0.05, 0) is 38.1 Å². The number of nitrogens with one attached hydrogen (secondary N) is 1.